The zero-order valence-corrected chi connectivity index (χ0v) is 13.3. The van der Waals surface area contributed by atoms with Gasteiger partial charge in [-0.3, -0.25) is 0 Å². The first kappa shape index (κ1) is 15.2. The van der Waals surface area contributed by atoms with Crippen molar-refractivity contribution in [3.8, 4) is 22.6 Å². The molecule has 116 valence electrons. The Bertz CT molecular complexity index is 881. The highest BCUT2D eigenvalue weighted by Crippen LogP contribution is 2.30. The first-order valence-electron chi connectivity index (χ1n) is 7.38. The van der Waals surface area contributed by atoms with Crippen LogP contribution >= 0.6 is 0 Å². The molecule has 3 aromatic rings. The molecule has 0 fully saturated rings. The highest BCUT2D eigenvalue weighted by molar-refractivity contribution is 5.73. The topological polar surface area (TPSA) is 38.9 Å². The van der Waals surface area contributed by atoms with Crippen molar-refractivity contribution in [3.63, 3.8) is 0 Å². The van der Waals surface area contributed by atoms with Gasteiger partial charge in [-0.2, -0.15) is 4.98 Å². The number of hydrogen-bond acceptors (Lipinski definition) is 3. The number of aromatic nitrogens is 2. The second-order valence-corrected chi connectivity index (χ2v) is 5.56. The van der Waals surface area contributed by atoms with E-state index in [2.05, 4.69) is 42.2 Å². The standard InChI is InChI=1S/C19H17FN2O/c1-12-6-4-5-7-16(12)17-9-8-15(10-13(17)2)19-21-18(22-23-19)14(3)11-20/h4-11H,1-3H3/b14-11-. The van der Waals surface area contributed by atoms with Crippen molar-refractivity contribution < 1.29 is 8.91 Å². The van der Waals surface area contributed by atoms with Crippen LogP contribution in [0, 0.1) is 13.8 Å². The zero-order valence-electron chi connectivity index (χ0n) is 13.3. The van der Waals surface area contributed by atoms with Gasteiger partial charge in [0.15, 0.2) is 0 Å². The first-order chi connectivity index (χ1) is 11.1. The summed E-state index contributed by atoms with van der Waals surface area (Å²) in [7, 11) is 0. The molecule has 0 aliphatic rings. The van der Waals surface area contributed by atoms with E-state index in [0.29, 0.717) is 17.8 Å². The van der Waals surface area contributed by atoms with Crippen LogP contribution in [0.5, 0.6) is 0 Å². The molecule has 2 aromatic carbocycles. The minimum atomic E-state index is 0.267. The summed E-state index contributed by atoms with van der Waals surface area (Å²) >= 11 is 0. The highest BCUT2D eigenvalue weighted by atomic mass is 19.1. The first-order valence-corrected chi connectivity index (χ1v) is 7.38. The van der Waals surface area contributed by atoms with Crippen LogP contribution < -0.4 is 0 Å². The van der Waals surface area contributed by atoms with Crippen molar-refractivity contribution in [3.05, 3.63) is 65.7 Å². The average Bonchev–Trinajstić information content (AvgIpc) is 3.05. The zero-order chi connectivity index (χ0) is 16.4. The van der Waals surface area contributed by atoms with Gasteiger partial charge in [0.25, 0.3) is 5.89 Å². The molecular weight excluding hydrogens is 291 g/mol. The van der Waals surface area contributed by atoms with Crippen LogP contribution in [-0.4, -0.2) is 10.1 Å². The van der Waals surface area contributed by atoms with Gasteiger partial charge in [-0.15, -0.1) is 0 Å². The summed E-state index contributed by atoms with van der Waals surface area (Å²) in [4.78, 5) is 4.23. The molecule has 0 saturated heterocycles. The number of aryl methyl sites for hydroxylation is 2. The van der Waals surface area contributed by atoms with Gasteiger partial charge in [0.1, 0.15) is 0 Å². The number of halogens is 1. The molecule has 0 N–H and O–H groups in total. The third kappa shape index (κ3) is 2.93. The maximum atomic E-state index is 12.5. The molecule has 0 atom stereocenters. The lowest BCUT2D eigenvalue weighted by Gasteiger charge is -2.10. The van der Waals surface area contributed by atoms with E-state index < -0.39 is 0 Å². The van der Waals surface area contributed by atoms with Gasteiger partial charge in [-0.25, -0.2) is 4.39 Å². The summed E-state index contributed by atoms with van der Waals surface area (Å²) in [5, 5.41) is 3.79. The summed E-state index contributed by atoms with van der Waals surface area (Å²) in [5.41, 5.74) is 5.89. The van der Waals surface area contributed by atoms with Gasteiger partial charge in [-0.05, 0) is 55.2 Å². The largest absolute Gasteiger partial charge is 0.334 e. The Morgan fingerprint density at radius 1 is 1.04 bits per heavy atom. The lowest BCUT2D eigenvalue weighted by molar-refractivity contribution is 0.428. The fraction of sp³-hybridized carbons (Fsp3) is 0.158. The van der Waals surface area contributed by atoms with E-state index in [1.807, 2.05) is 24.3 Å². The molecule has 1 aromatic heterocycles. The number of rotatable bonds is 3. The predicted molar refractivity (Wildman–Crippen MR) is 89.4 cm³/mol. The summed E-state index contributed by atoms with van der Waals surface area (Å²) in [6.45, 7) is 5.75. The quantitative estimate of drug-likeness (QED) is 0.654. The van der Waals surface area contributed by atoms with E-state index in [-0.39, 0.29) is 5.82 Å². The van der Waals surface area contributed by atoms with Crippen LogP contribution in [0.15, 0.2) is 53.3 Å². The van der Waals surface area contributed by atoms with Crippen molar-refractivity contribution in [1.82, 2.24) is 10.1 Å². The van der Waals surface area contributed by atoms with E-state index in [0.717, 1.165) is 11.1 Å². The second-order valence-electron chi connectivity index (χ2n) is 5.56. The minimum absolute atomic E-state index is 0.267. The fourth-order valence-electron chi connectivity index (χ4n) is 2.52. The van der Waals surface area contributed by atoms with Crippen LogP contribution in [0.4, 0.5) is 4.39 Å². The van der Waals surface area contributed by atoms with Crippen molar-refractivity contribution >= 4 is 5.57 Å². The summed E-state index contributed by atoms with van der Waals surface area (Å²) in [6, 6.07) is 14.3. The van der Waals surface area contributed by atoms with Crippen LogP contribution in [0.25, 0.3) is 28.2 Å². The Morgan fingerprint density at radius 2 is 1.78 bits per heavy atom. The highest BCUT2D eigenvalue weighted by Gasteiger charge is 2.12. The summed E-state index contributed by atoms with van der Waals surface area (Å²) in [5.74, 6) is 0.656. The molecule has 3 nitrogen and oxygen atoms in total. The van der Waals surface area contributed by atoms with E-state index in [9.17, 15) is 4.39 Å². The second kappa shape index (κ2) is 6.16. The third-order valence-corrected chi connectivity index (χ3v) is 3.85. The molecule has 0 aliphatic heterocycles. The third-order valence-electron chi connectivity index (χ3n) is 3.85. The molecule has 4 heteroatoms. The number of nitrogens with zero attached hydrogens (tertiary/aromatic N) is 2. The monoisotopic (exact) mass is 308 g/mol. The van der Waals surface area contributed by atoms with Crippen LogP contribution in [0.1, 0.15) is 23.9 Å². The molecule has 1 heterocycles. The number of hydrogen-bond donors (Lipinski definition) is 0. The summed E-state index contributed by atoms with van der Waals surface area (Å²) < 4.78 is 17.8. The van der Waals surface area contributed by atoms with Crippen molar-refractivity contribution in [2.45, 2.75) is 20.8 Å². The van der Waals surface area contributed by atoms with Crippen molar-refractivity contribution in [2.75, 3.05) is 0 Å². The Labute approximate surface area is 134 Å². The van der Waals surface area contributed by atoms with E-state index in [1.54, 1.807) is 6.92 Å². The SMILES string of the molecule is C/C(=C/F)c1noc(-c2ccc(-c3ccccc3C)c(C)c2)n1. The van der Waals surface area contributed by atoms with Gasteiger partial charge in [0, 0.05) is 11.1 Å². The predicted octanol–water partition coefficient (Wildman–Crippen LogP) is 5.35. The molecule has 23 heavy (non-hydrogen) atoms. The Morgan fingerprint density at radius 3 is 2.48 bits per heavy atom. The van der Waals surface area contributed by atoms with Crippen molar-refractivity contribution in [1.29, 1.82) is 0 Å². The van der Waals surface area contributed by atoms with Gasteiger partial charge in [0.05, 0.1) is 6.33 Å². The van der Waals surface area contributed by atoms with Crippen LogP contribution in [0.3, 0.4) is 0 Å². The van der Waals surface area contributed by atoms with E-state index in [1.165, 1.54) is 16.7 Å². The molecule has 0 saturated carbocycles. The van der Waals surface area contributed by atoms with Crippen LogP contribution in [0.2, 0.25) is 0 Å². The van der Waals surface area contributed by atoms with Gasteiger partial charge >= 0.3 is 0 Å². The van der Waals surface area contributed by atoms with Crippen molar-refractivity contribution in [2.24, 2.45) is 0 Å². The minimum Gasteiger partial charge on any atom is -0.334 e. The average molecular weight is 308 g/mol. The normalized spacial score (nSPS) is 11.7. The van der Waals surface area contributed by atoms with E-state index in [4.69, 9.17) is 4.52 Å². The lowest BCUT2D eigenvalue weighted by atomic mass is 9.95. The molecule has 0 radical (unpaired) electrons. The smallest absolute Gasteiger partial charge is 0.258 e. The molecular formula is C19H17FN2O. The Balaban J connectivity index is 2.00. The maximum Gasteiger partial charge on any atom is 0.258 e. The maximum absolute atomic E-state index is 12.5. The Hall–Kier alpha value is -2.75. The van der Waals surface area contributed by atoms with E-state index >= 15 is 0 Å². The fourth-order valence-corrected chi connectivity index (χ4v) is 2.52. The molecule has 3 rings (SSSR count). The molecule has 0 spiro atoms. The molecule has 0 unspecified atom stereocenters. The van der Waals surface area contributed by atoms with Gasteiger partial charge in [-0.1, -0.05) is 35.5 Å². The number of benzene rings is 2. The van der Waals surface area contributed by atoms with Gasteiger partial charge < -0.3 is 4.52 Å². The number of allylic oxidation sites excluding steroid dienone is 1. The lowest BCUT2D eigenvalue weighted by Crippen LogP contribution is -1.88. The van der Waals surface area contributed by atoms with Gasteiger partial charge in [0.2, 0.25) is 5.82 Å². The molecule has 0 amide bonds. The molecule has 0 aliphatic carbocycles. The molecule has 0 bridgehead atoms. The summed E-state index contributed by atoms with van der Waals surface area (Å²) in [6.07, 6.45) is 0.473. The Kier molecular flexibility index (Phi) is 4.06. The van der Waals surface area contributed by atoms with Crippen LogP contribution in [-0.2, 0) is 0 Å².